The average molecular weight is 463 g/mol. The van der Waals surface area contributed by atoms with E-state index in [-0.39, 0.29) is 24.7 Å². The van der Waals surface area contributed by atoms with Crippen molar-refractivity contribution in [2.75, 3.05) is 18.4 Å². The lowest BCUT2D eigenvalue weighted by Gasteiger charge is -2.05. The molecule has 4 heterocycles. The van der Waals surface area contributed by atoms with E-state index < -0.39 is 0 Å². The monoisotopic (exact) mass is 462 g/mol. The number of nitrogens with zero attached hydrogens (tertiary/aromatic N) is 5. The summed E-state index contributed by atoms with van der Waals surface area (Å²) in [6.45, 7) is 0.936. The van der Waals surface area contributed by atoms with E-state index in [1.54, 1.807) is 12.3 Å². The lowest BCUT2D eigenvalue weighted by atomic mass is 10.3. The minimum atomic E-state index is -0.377. The van der Waals surface area contributed by atoms with E-state index in [0.717, 1.165) is 20.9 Å². The number of hydrogen-bond donors (Lipinski definition) is 3. The van der Waals surface area contributed by atoms with Gasteiger partial charge in [-0.25, -0.2) is 24.3 Å². The largest absolute Gasteiger partial charge is 0.362 e. The number of rotatable bonds is 9. The number of pyridine rings is 1. The van der Waals surface area contributed by atoms with Gasteiger partial charge in [-0.1, -0.05) is 23.5 Å². The highest BCUT2D eigenvalue weighted by Crippen LogP contribution is 2.25. The SMILES string of the molecule is O=C(CNCCc1nc2c(NCc3ncccc3F)ncnc2s1)c1nc2ccccc2[nH]1. The van der Waals surface area contributed by atoms with Crippen LogP contribution in [0.5, 0.6) is 0 Å². The molecular formula is C22H19FN8OS. The Morgan fingerprint density at radius 3 is 2.88 bits per heavy atom. The molecule has 5 rings (SSSR count). The molecule has 0 unspecified atom stereocenters. The lowest BCUT2D eigenvalue weighted by Crippen LogP contribution is -2.25. The molecule has 0 spiro atoms. The highest BCUT2D eigenvalue weighted by Gasteiger charge is 2.13. The number of halogens is 1. The van der Waals surface area contributed by atoms with Crippen LogP contribution in [0.25, 0.3) is 21.4 Å². The number of imidazole rings is 1. The van der Waals surface area contributed by atoms with Crippen LogP contribution >= 0.6 is 11.3 Å². The number of benzene rings is 1. The zero-order chi connectivity index (χ0) is 22.6. The van der Waals surface area contributed by atoms with Gasteiger partial charge in [0.25, 0.3) is 0 Å². The molecule has 0 saturated carbocycles. The molecule has 0 atom stereocenters. The Bertz CT molecular complexity index is 1400. The van der Waals surface area contributed by atoms with E-state index in [0.29, 0.717) is 35.8 Å². The topological polar surface area (TPSA) is 121 Å². The van der Waals surface area contributed by atoms with Gasteiger partial charge in [0, 0.05) is 19.2 Å². The zero-order valence-corrected chi connectivity index (χ0v) is 18.2. The summed E-state index contributed by atoms with van der Waals surface area (Å²) in [5.41, 5.74) is 2.54. The first kappa shape index (κ1) is 21.0. The van der Waals surface area contributed by atoms with Crippen LogP contribution in [0.1, 0.15) is 21.3 Å². The summed E-state index contributed by atoms with van der Waals surface area (Å²) in [4.78, 5) is 37.7. The van der Waals surface area contributed by atoms with Crippen molar-refractivity contribution in [2.45, 2.75) is 13.0 Å². The number of hydrogen-bond acceptors (Lipinski definition) is 9. The Labute approximate surface area is 191 Å². The highest BCUT2D eigenvalue weighted by atomic mass is 32.1. The Morgan fingerprint density at radius 2 is 2.00 bits per heavy atom. The second-order valence-corrected chi connectivity index (χ2v) is 8.28. The van der Waals surface area contributed by atoms with Crippen LogP contribution < -0.4 is 10.6 Å². The summed E-state index contributed by atoms with van der Waals surface area (Å²) in [6.07, 6.45) is 3.62. The lowest BCUT2D eigenvalue weighted by molar-refractivity contribution is 0.0982. The van der Waals surface area contributed by atoms with Gasteiger partial charge in [-0.2, -0.15) is 0 Å². The number of carbonyl (C=O) groups is 1. The fourth-order valence-corrected chi connectivity index (χ4v) is 4.22. The first-order valence-electron chi connectivity index (χ1n) is 10.3. The standard InChI is InChI=1S/C22H19FN8OS/c23-13-4-3-8-25-16(13)10-26-21-19-22(28-12-27-21)33-18(31-19)7-9-24-11-17(32)20-29-14-5-1-2-6-15(14)30-20/h1-6,8,12,24H,7,9-11H2,(H,29,30)(H,26,27,28). The number of carbonyl (C=O) groups excluding carboxylic acids is 1. The highest BCUT2D eigenvalue weighted by molar-refractivity contribution is 7.18. The van der Waals surface area contributed by atoms with E-state index in [2.05, 4.69) is 40.5 Å². The molecule has 4 aromatic heterocycles. The molecule has 11 heteroatoms. The van der Waals surface area contributed by atoms with E-state index in [4.69, 9.17) is 0 Å². The molecule has 3 N–H and O–H groups in total. The molecule has 0 aliphatic carbocycles. The molecule has 1 aromatic carbocycles. The van der Waals surface area contributed by atoms with Gasteiger partial charge in [0.1, 0.15) is 22.5 Å². The van der Waals surface area contributed by atoms with Crippen molar-refractivity contribution < 1.29 is 9.18 Å². The number of anilines is 1. The van der Waals surface area contributed by atoms with Crippen LogP contribution in [0.4, 0.5) is 10.2 Å². The number of thiazole rings is 1. The number of fused-ring (bicyclic) bond motifs is 2. The molecule has 0 fully saturated rings. The second kappa shape index (κ2) is 9.35. The molecule has 0 aliphatic heterocycles. The number of ketones is 1. The van der Waals surface area contributed by atoms with Crippen molar-refractivity contribution in [1.82, 2.24) is 35.2 Å². The molecule has 0 amide bonds. The minimum Gasteiger partial charge on any atom is -0.362 e. The maximum absolute atomic E-state index is 13.8. The summed E-state index contributed by atoms with van der Waals surface area (Å²) in [7, 11) is 0. The third-order valence-electron chi connectivity index (χ3n) is 4.95. The third-order valence-corrected chi connectivity index (χ3v) is 5.98. The quantitative estimate of drug-likeness (QED) is 0.226. The fourth-order valence-electron chi connectivity index (χ4n) is 3.32. The third kappa shape index (κ3) is 4.69. The van der Waals surface area contributed by atoms with Crippen molar-refractivity contribution in [3.05, 3.63) is 71.3 Å². The van der Waals surface area contributed by atoms with Crippen molar-refractivity contribution in [1.29, 1.82) is 0 Å². The molecule has 0 radical (unpaired) electrons. The smallest absolute Gasteiger partial charge is 0.211 e. The molecule has 0 bridgehead atoms. The average Bonchev–Trinajstić information content (AvgIpc) is 3.45. The molecule has 5 aromatic rings. The van der Waals surface area contributed by atoms with Crippen molar-refractivity contribution in [3.8, 4) is 0 Å². The molecule has 0 saturated heterocycles. The van der Waals surface area contributed by atoms with Gasteiger partial charge in [0.15, 0.2) is 11.6 Å². The van der Waals surface area contributed by atoms with Crippen LogP contribution in [0, 0.1) is 5.82 Å². The first-order valence-corrected chi connectivity index (χ1v) is 11.1. The summed E-state index contributed by atoms with van der Waals surface area (Å²) >= 11 is 1.46. The van der Waals surface area contributed by atoms with Gasteiger partial charge in [0.05, 0.1) is 34.8 Å². The van der Waals surface area contributed by atoms with Crippen LogP contribution in [0.2, 0.25) is 0 Å². The normalized spacial score (nSPS) is 11.3. The number of aromatic amines is 1. The van der Waals surface area contributed by atoms with E-state index in [1.807, 2.05) is 24.3 Å². The Hall–Kier alpha value is -3.83. The van der Waals surface area contributed by atoms with Crippen LogP contribution in [0.15, 0.2) is 48.9 Å². The molecule has 166 valence electrons. The Balaban J connectivity index is 1.18. The molecule has 9 nitrogen and oxygen atoms in total. The summed E-state index contributed by atoms with van der Waals surface area (Å²) in [6, 6.07) is 10.4. The van der Waals surface area contributed by atoms with Crippen molar-refractivity contribution in [2.24, 2.45) is 0 Å². The molecule has 0 aliphatic rings. The predicted octanol–water partition coefficient (Wildman–Crippen LogP) is 3.12. The van der Waals surface area contributed by atoms with Crippen molar-refractivity contribution in [3.63, 3.8) is 0 Å². The van der Waals surface area contributed by atoms with Gasteiger partial charge in [-0.15, -0.1) is 0 Å². The predicted molar refractivity (Wildman–Crippen MR) is 124 cm³/mol. The summed E-state index contributed by atoms with van der Waals surface area (Å²) in [5.74, 6) is 0.395. The first-order chi connectivity index (χ1) is 16.2. The number of H-pyrrole nitrogens is 1. The number of nitrogens with one attached hydrogen (secondary N) is 3. The summed E-state index contributed by atoms with van der Waals surface area (Å²) < 4.78 is 13.8. The minimum absolute atomic E-state index is 0.102. The fraction of sp³-hybridized carbons (Fsp3) is 0.182. The number of aromatic nitrogens is 6. The number of Topliss-reactive ketones (excluding diaryl/α,β-unsaturated/α-hetero) is 1. The van der Waals surface area contributed by atoms with Gasteiger partial charge in [-0.3, -0.25) is 9.78 Å². The van der Waals surface area contributed by atoms with Gasteiger partial charge in [0.2, 0.25) is 5.78 Å². The molecule has 33 heavy (non-hydrogen) atoms. The second-order valence-electron chi connectivity index (χ2n) is 7.22. The van der Waals surface area contributed by atoms with Gasteiger partial charge in [-0.05, 0) is 24.3 Å². The maximum Gasteiger partial charge on any atom is 0.211 e. The number of para-hydroxylation sites is 2. The molecular weight excluding hydrogens is 443 g/mol. The summed E-state index contributed by atoms with van der Waals surface area (Å²) in [5, 5.41) is 7.10. The Morgan fingerprint density at radius 1 is 1.09 bits per heavy atom. The van der Waals surface area contributed by atoms with Crippen molar-refractivity contribution >= 4 is 44.3 Å². The van der Waals surface area contributed by atoms with E-state index >= 15 is 0 Å². The van der Waals surface area contributed by atoms with E-state index in [1.165, 1.54) is 23.7 Å². The van der Waals surface area contributed by atoms with E-state index in [9.17, 15) is 9.18 Å². The van der Waals surface area contributed by atoms with Crippen LogP contribution in [0.3, 0.4) is 0 Å². The van der Waals surface area contributed by atoms with Gasteiger partial charge < -0.3 is 15.6 Å². The Kier molecular flexibility index (Phi) is 5.96. The maximum atomic E-state index is 13.8. The van der Waals surface area contributed by atoms with Gasteiger partial charge >= 0.3 is 0 Å². The van der Waals surface area contributed by atoms with Crippen LogP contribution in [-0.2, 0) is 13.0 Å². The van der Waals surface area contributed by atoms with Crippen LogP contribution in [-0.4, -0.2) is 48.8 Å². The zero-order valence-electron chi connectivity index (χ0n) is 17.4.